The van der Waals surface area contributed by atoms with E-state index in [1.54, 1.807) is 0 Å². The largest absolute Gasteiger partial charge is 0.379 e. The van der Waals surface area contributed by atoms with E-state index in [1.165, 1.54) is 0 Å². The van der Waals surface area contributed by atoms with E-state index in [2.05, 4.69) is 24.8 Å². The van der Waals surface area contributed by atoms with Crippen LogP contribution in [-0.4, -0.2) is 70.2 Å². The Kier molecular flexibility index (Phi) is 13.9. The Morgan fingerprint density at radius 2 is 1.50 bits per heavy atom. The van der Waals surface area contributed by atoms with Crippen LogP contribution in [0.3, 0.4) is 0 Å². The molecule has 0 aliphatic carbocycles. The van der Waals surface area contributed by atoms with Crippen LogP contribution >= 0.6 is 0 Å². The van der Waals surface area contributed by atoms with Crippen molar-refractivity contribution >= 4 is 5.78 Å². The summed E-state index contributed by atoms with van der Waals surface area (Å²) in [6, 6.07) is 0. The smallest absolute Gasteiger partial charge is 0.137 e. The van der Waals surface area contributed by atoms with Crippen molar-refractivity contribution in [3.8, 4) is 0 Å². The molecule has 0 bridgehead atoms. The standard InChI is InChI=1S/C20H39N3O5/c1-17(2)5-7-23-15-19(21-22-23)16-28-14-13-27-12-11-26-10-9-25-8-6-20(24)18(3)4/h15,17-18,21-22H,5-14,16H2,1-4H3. The van der Waals surface area contributed by atoms with E-state index in [0.29, 0.717) is 65.2 Å². The maximum absolute atomic E-state index is 11.4. The van der Waals surface area contributed by atoms with Gasteiger partial charge in [-0.15, -0.1) is 5.53 Å². The van der Waals surface area contributed by atoms with Crippen LogP contribution in [0.15, 0.2) is 11.9 Å². The van der Waals surface area contributed by atoms with Crippen LogP contribution in [0, 0.1) is 11.8 Å². The molecule has 0 aromatic carbocycles. The molecule has 0 atom stereocenters. The van der Waals surface area contributed by atoms with Crippen molar-refractivity contribution in [2.45, 2.75) is 40.5 Å². The fourth-order valence-electron chi connectivity index (χ4n) is 2.29. The average Bonchev–Trinajstić information content (AvgIpc) is 3.11. The number of carbonyl (C=O) groups is 1. The zero-order valence-electron chi connectivity index (χ0n) is 18.0. The second-order valence-electron chi connectivity index (χ2n) is 7.53. The molecule has 0 aromatic rings. The second kappa shape index (κ2) is 15.7. The maximum Gasteiger partial charge on any atom is 0.137 e. The fraction of sp³-hybridized carbons (Fsp3) is 0.850. The van der Waals surface area contributed by atoms with Gasteiger partial charge in [0.15, 0.2) is 0 Å². The first-order valence-corrected chi connectivity index (χ1v) is 10.3. The van der Waals surface area contributed by atoms with Gasteiger partial charge >= 0.3 is 0 Å². The van der Waals surface area contributed by atoms with Gasteiger partial charge in [-0.1, -0.05) is 27.7 Å². The summed E-state index contributed by atoms with van der Waals surface area (Å²) in [6.07, 6.45) is 3.65. The van der Waals surface area contributed by atoms with Crippen molar-refractivity contribution < 1.29 is 23.7 Å². The minimum atomic E-state index is 0.0770. The van der Waals surface area contributed by atoms with Gasteiger partial charge in [0.2, 0.25) is 0 Å². The molecular weight excluding hydrogens is 362 g/mol. The fourth-order valence-corrected chi connectivity index (χ4v) is 2.29. The van der Waals surface area contributed by atoms with Crippen molar-refractivity contribution in [2.75, 3.05) is 59.4 Å². The number of Topliss-reactive ketones (excluding diaryl/α,β-unsaturated/α-hetero) is 1. The molecule has 164 valence electrons. The summed E-state index contributed by atoms with van der Waals surface area (Å²) in [4.78, 5) is 11.4. The normalized spacial score (nSPS) is 14.1. The number of hydrogen-bond acceptors (Lipinski definition) is 8. The second-order valence-corrected chi connectivity index (χ2v) is 7.53. The van der Waals surface area contributed by atoms with Gasteiger partial charge < -0.3 is 24.4 Å². The Morgan fingerprint density at radius 1 is 0.929 bits per heavy atom. The molecule has 1 aliphatic heterocycles. The van der Waals surface area contributed by atoms with E-state index in [0.717, 1.165) is 18.7 Å². The van der Waals surface area contributed by atoms with Gasteiger partial charge in [-0.2, -0.15) is 0 Å². The van der Waals surface area contributed by atoms with Gasteiger partial charge in [-0.25, -0.2) is 0 Å². The third-order valence-electron chi connectivity index (χ3n) is 4.13. The lowest BCUT2D eigenvalue weighted by Gasteiger charge is -2.15. The molecule has 0 aromatic heterocycles. The average molecular weight is 402 g/mol. The van der Waals surface area contributed by atoms with Gasteiger partial charge in [0, 0.05) is 25.1 Å². The van der Waals surface area contributed by atoms with E-state index in [4.69, 9.17) is 18.9 Å². The molecule has 0 saturated carbocycles. The molecule has 0 spiro atoms. The summed E-state index contributed by atoms with van der Waals surface area (Å²) in [6.45, 7) is 13.3. The summed E-state index contributed by atoms with van der Waals surface area (Å²) < 4.78 is 21.8. The molecule has 1 aliphatic rings. The number of hydrazine groups is 2. The van der Waals surface area contributed by atoms with Gasteiger partial charge in [-0.05, 0) is 12.3 Å². The van der Waals surface area contributed by atoms with Gasteiger partial charge in [0.1, 0.15) is 5.78 Å². The van der Waals surface area contributed by atoms with E-state index < -0.39 is 0 Å². The minimum absolute atomic E-state index is 0.0770. The summed E-state index contributed by atoms with van der Waals surface area (Å²) in [5.41, 5.74) is 7.22. The first kappa shape index (κ1) is 24.8. The highest BCUT2D eigenvalue weighted by atomic mass is 16.6. The van der Waals surface area contributed by atoms with Crippen LogP contribution in [-0.2, 0) is 23.7 Å². The lowest BCUT2D eigenvalue weighted by molar-refractivity contribution is -0.123. The van der Waals surface area contributed by atoms with E-state index in [9.17, 15) is 4.79 Å². The summed E-state index contributed by atoms with van der Waals surface area (Å²) in [7, 11) is 0. The molecular formula is C20H39N3O5. The number of ether oxygens (including phenoxy) is 4. The SMILES string of the molecule is CC(C)CCN1C=C(COCCOCCOCCOCCC(=O)C(C)C)NN1. The molecule has 2 N–H and O–H groups in total. The molecule has 0 unspecified atom stereocenters. The topological polar surface area (TPSA) is 81.3 Å². The van der Waals surface area contributed by atoms with Crippen LogP contribution in [0.25, 0.3) is 0 Å². The number of nitrogens with one attached hydrogen (secondary N) is 2. The van der Waals surface area contributed by atoms with Gasteiger partial charge in [0.05, 0.1) is 58.6 Å². The molecule has 0 fully saturated rings. The van der Waals surface area contributed by atoms with Crippen LogP contribution in [0.1, 0.15) is 40.5 Å². The third kappa shape index (κ3) is 13.1. The highest BCUT2D eigenvalue weighted by Gasteiger charge is 2.11. The van der Waals surface area contributed by atoms with Crippen LogP contribution in [0.5, 0.6) is 0 Å². The first-order valence-electron chi connectivity index (χ1n) is 10.3. The van der Waals surface area contributed by atoms with E-state index in [1.807, 2.05) is 25.1 Å². The molecule has 8 heteroatoms. The van der Waals surface area contributed by atoms with Crippen molar-refractivity contribution in [3.63, 3.8) is 0 Å². The molecule has 1 rings (SSSR count). The number of rotatable bonds is 18. The van der Waals surface area contributed by atoms with Crippen molar-refractivity contribution in [2.24, 2.45) is 11.8 Å². The quantitative estimate of drug-likeness (QED) is 0.337. The van der Waals surface area contributed by atoms with Crippen LogP contribution < -0.4 is 11.0 Å². The molecule has 0 saturated heterocycles. The molecule has 0 radical (unpaired) electrons. The Morgan fingerprint density at radius 3 is 2.07 bits per heavy atom. The van der Waals surface area contributed by atoms with E-state index in [-0.39, 0.29) is 11.7 Å². The summed E-state index contributed by atoms with van der Waals surface area (Å²) in [5.74, 6) is 0.994. The first-order chi connectivity index (χ1) is 13.5. The monoisotopic (exact) mass is 401 g/mol. The van der Waals surface area contributed by atoms with Crippen molar-refractivity contribution in [1.29, 1.82) is 0 Å². The van der Waals surface area contributed by atoms with E-state index >= 15 is 0 Å². The number of ketones is 1. The van der Waals surface area contributed by atoms with Crippen molar-refractivity contribution in [3.05, 3.63) is 11.9 Å². The number of hydrogen-bond donors (Lipinski definition) is 2. The zero-order chi connectivity index (χ0) is 20.6. The summed E-state index contributed by atoms with van der Waals surface area (Å²) >= 11 is 0. The zero-order valence-corrected chi connectivity index (χ0v) is 18.0. The Bertz CT molecular complexity index is 444. The minimum Gasteiger partial charge on any atom is -0.379 e. The molecule has 8 nitrogen and oxygen atoms in total. The van der Waals surface area contributed by atoms with Gasteiger partial charge in [0.25, 0.3) is 0 Å². The predicted octanol–water partition coefficient (Wildman–Crippen LogP) is 1.88. The summed E-state index contributed by atoms with van der Waals surface area (Å²) in [5, 5.41) is 2.04. The van der Waals surface area contributed by atoms with Gasteiger partial charge in [-0.3, -0.25) is 9.80 Å². The maximum atomic E-state index is 11.4. The Balaban J connectivity index is 1.82. The van der Waals surface area contributed by atoms with Crippen molar-refractivity contribution in [1.82, 2.24) is 16.0 Å². The third-order valence-corrected chi connectivity index (χ3v) is 4.13. The predicted molar refractivity (Wildman–Crippen MR) is 108 cm³/mol. The van der Waals surface area contributed by atoms with Crippen LogP contribution in [0.2, 0.25) is 0 Å². The van der Waals surface area contributed by atoms with Crippen LogP contribution in [0.4, 0.5) is 0 Å². The Labute approximate surface area is 169 Å². The number of carbonyl (C=O) groups excluding carboxylic acids is 1. The highest BCUT2D eigenvalue weighted by Crippen LogP contribution is 2.05. The lowest BCUT2D eigenvalue weighted by Crippen LogP contribution is -2.37. The molecule has 1 heterocycles. The Hall–Kier alpha value is -1.19. The lowest BCUT2D eigenvalue weighted by atomic mass is 10.1. The highest BCUT2D eigenvalue weighted by molar-refractivity contribution is 5.80. The number of nitrogens with zero attached hydrogens (tertiary/aromatic N) is 1. The molecule has 28 heavy (non-hydrogen) atoms. The molecule has 0 amide bonds.